The number of aliphatic hydroxyl groups is 1. The van der Waals surface area contributed by atoms with Gasteiger partial charge >= 0.3 is 10.1 Å². The summed E-state index contributed by atoms with van der Waals surface area (Å²) < 4.78 is 29.8. The SMILES string of the molecule is CC1(C)C2CCC1(CS(=O)(=O)O/N=C(\C#N)c1ccc(CO)cc1)C(=O)C2. The van der Waals surface area contributed by atoms with Crippen LogP contribution in [0.5, 0.6) is 0 Å². The van der Waals surface area contributed by atoms with E-state index in [1.807, 2.05) is 19.9 Å². The molecule has 2 fully saturated rings. The molecule has 0 spiro atoms. The van der Waals surface area contributed by atoms with Gasteiger partial charge in [0.05, 0.1) is 12.0 Å². The predicted molar refractivity (Wildman–Crippen MR) is 97.9 cm³/mol. The number of rotatable bonds is 6. The summed E-state index contributed by atoms with van der Waals surface area (Å²) in [7, 11) is -4.14. The van der Waals surface area contributed by atoms with Crippen LogP contribution in [0.25, 0.3) is 0 Å². The van der Waals surface area contributed by atoms with Gasteiger partial charge in [0.1, 0.15) is 17.6 Å². The van der Waals surface area contributed by atoms with Gasteiger partial charge in [-0.25, -0.2) is 0 Å². The molecule has 27 heavy (non-hydrogen) atoms. The minimum Gasteiger partial charge on any atom is -0.392 e. The first-order valence-corrected chi connectivity index (χ1v) is 10.4. The molecule has 1 aromatic carbocycles. The third-order valence-corrected chi connectivity index (χ3v) is 7.47. The number of carbonyl (C=O) groups excluding carboxylic acids is 1. The number of hydrogen-bond donors (Lipinski definition) is 1. The largest absolute Gasteiger partial charge is 0.392 e. The van der Waals surface area contributed by atoms with Crippen molar-refractivity contribution in [1.29, 1.82) is 5.26 Å². The Morgan fingerprint density at radius 1 is 1.37 bits per heavy atom. The number of hydrogen-bond acceptors (Lipinski definition) is 7. The monoisotopic (exact) mass is 390 g/mol. The highest BCUT2D eigenvalue weighted by molar-refractivity contribution is 7.86. The Hall–Kier alpha value is -2.24. The number of nitrogens with zero attached hydrogens (tertiary/aromatic N) is 2. The average Bonchev–Trinajstić information content (AvgIpc) is 2.96. The van der Waals surface area contributed by atoms with E-state index < -0.39 is 26.7 Å². The number of carbonyl (C=O) groups is 1. The van der Waals surface area contributed by atoms with Crippen LogP contribution >= 0.6 is 0 Å². The second kappa shape index (κ2) is 6.73. The Balaban J connectivity index is 1.80. The van der Waals surface area contributed by atoms with Gasteiger partial charge in [0.2, 0.25) is 0 Å². The van der Waals surface area contributed by atoms with Gasteiger partial charge in [0.15, 0.2) is 5.71 Å². The fourth-order valence-corrected chi connectivity index (χ4v) is 5.96. The minimum absolute atomic E-state index is 0.0278. The van der Waals surface area contributed by atoms with Crippen LogP contribution in [0.1, 0.15) is 44.2 Å². The molecule has 8 heteroatoms. The third-order valence-electron chi connectivity index (χ3n) is 6.32. The summed E-state index contributed by atoms with van der Waals surface area (Å²) in [5.41, 5.74) is -0.506. The molecule has 144 valence electrons. The van der Waals surface area contributed by atoms with Gasteiger partial charge in [0, 0.05) is 12.0 Å². The molecular formula is C19H22N2O5S. The van der Waals surface area contributed by atoms with Gasteiger partial charge in [-0.05, 0) is 29.7 Å². The number of benzene rings is 1. The van der Waals surface area contributed by atoms with Crippen molar-refractivity contribution in [3.05, 3.63) is 35.4 Å². The summed E-state index contributed by atoms with van der Waals surface area (Å²) >= 11 is 0. The van der Waals surface area contributed by atoms with Crippen LogP contribution in [-0.4, -0.2) is 30.8 Å². The fourth-order valence-electron chi connectivity index (χ4n) is 4.44. The molecule has 2 unspecified atom stereocenters. The summed E-state index contributed by atoms with van der Waals surface area (Å²) in [5.74, 6) is -0.253. The maximum Gasteiger partial charge on any atom is 0.329 e. The number of nitriles is 1. The van der Waals surface area contributed by atoms with Gasteiger partial charge in [-0.15, -0.1) is 0 Å². The molecule has 3 rings (SSSR count). The number of oxime groups is 1. The van der Waals surface area contributed by atoms with Crippen LogP contribution in [0.2, 0.25) is 0 Å². The Labute approximate surface area is 158 Å². The van der Waals surface area contributed by atoms with Crippen molar-refractivity contribution in [3.8, 4) is 6.07 Å². The molecule has 2 saturated carbocycles. The lowest BCUT2D eigenvalue weighted by Gasteiger charge is -2.35. The van der Waals surface area contributed by atoms with Crippen molar-refractivity contribution in [2.24, 2.45) is 21.9 Å². The average molecular weight is 390 g/mol. The number of Topliss-reactive ketones (excluding diaryl/α,β-unsaturated/α-hetero) is 1. The van der Waals surface area contributed by atoms with Gasteiger partial charge in [0.25, 0.3) is 0 Å². The molecule has 0 radical (unpaired) electrons. The summed E-state index contributed by atoms with van der Waals surface area (Å²) in [6, 6.07) is 8.12. The quantitative estimate of drug-likeness (QED) is 0.587. The van der Waals surface area contributed by atoms with Crippen molar-refractivity contribution in [2.75, 3.05) is 5.75 Å². The molecule has 0 saturated heterocycles. The zero-order valence-electron chi connectivity index (χ0n) is 15.3. The van der Waals surface area contributed by atoms with E-state index in [0.29, 0.717) is 24.0 Å². The maximum atomic E-state index is 12.5. The van der Waals surface area contributed by atoms with Crippen LogP contribution < -0.4 is 0 Å². The normalized spacial score (nSPS) is 26.8. The van der Waals surface area contributed by atoms with Crippen molar-refractivity contribution >= 4 is 21.6 Å². The summed E-state index contributed by atoms with van der Waals surface area (Å²) in [6.45, 7) is 3.74. The van der Waals surface area contributed by atoms with E-state index >= 15 is 0 Å². The molecule has 1 N–H and O–H groups in total. The molecule has 0 aliphatic heterocycles. The van der Waals surface area contributed by atoms with Crippen LogP contribution in [0.15, 0.2) is 29.4 Å². The van der Waals surface area contributed by atoms with Gasteiger partial charge in [-0.1, -0.05) is 43.3 Å². The van der Waals surface area contributed by atoms with E-state index in [-0.39, 0.29) is 24.0 Å². The van der Waals surface area contributed by atoms with E-state index in [9.17, 15) is 18.5 Å². The first-order chi connectivity index (χ1) is 12.6. The number of fused-ring (bicyclic) bond motifs is 2. The molecule has 2 aliphatic rings. The zero-order valence-corrected chi connectivity index (χ0v) is 16.1. The fraction of sp³-hybridized carbons (Fsp3) is 0.526. The third kappa shape index (κ3) is 3.26. The van der Waals surface area contributed by atoms with Crippen molar-refractivity contribution in [1.82, 2.24) is 0 Å². The lowest BCUT2D eigenvalue weighted by molar-refractivity contribution is -0.128. The van der Waals surface area contributed by atoms with Crippen LogP contribution in [0.3, 0.4) is 0 Å². The molecule has 0 heterocycles. The second-order valence-corrected chi connectivity index (χ2v) is 9.40. The Bertz CT molecular complexity index is 928. The van der Waals surface area contributed by atoms with Gasteiger partial charge in [-0.3, -0.25) is 9.08 Å². The molecule has 2 atom stereocenters. The van der Waals surface area contributed by atoms with E-state index in [2.05, 4.69) is 5.16 Å². The summed E-state index contributed by atoms with van der Waals surface area (Å²) in [5, 5.41) is 21.8. The van der Waals surface area contributed by atoms with E-state index in [1.54, 1.807) is 24.3 Å². The van der Waals surface area contributed by atoms with Crippen molar-refractivity contribution in [2.45, 2.75) is 39.7 Å². The van der Waals surface area contributed by atoms with Gasteiger partial charge < -0.3 is 5.11 Å². The Morgan fingerprint density at radius 2 is 2.04 bits per heavy atom. The lowest BCUT2D eigenvalue weighted by Crippen LogP contribution is -2.42. The van der Waals surface area contributed by atoms with Gasteiger partial charge in [-0.2, -0.15) is 13.7 Å². The Morgan fingerprint density at radius 3 is 2.52 bits per heavy atom. The molecule has 2 bridgehead atoms. The van der Waals surface area contributed by atoms with Crippen LogP contribution in [0.4, 0.5) is 0 Å². The predicted octanol–water partition coefficient (Wildman–Crippen LogP) is 2.15. The highest BCUT2D eigenvalue weighted by Crippen LogP contribution is 2.64. The molecule has 0 aromatic heterocycles. The van der Waals surface area contributed by atoms with E-state index in [1.165, 1.54) is 0 Å². The summed E-state index contributed by atoms with van der Waals surface area (Å²) in [4.78, 5) is 12.5. The van der Waals surface area contributed by atoms with Crippen LogP contribution in [-0.2, 0) is 25.8 Å². The van der Waals surface area contributed by atoms with Crippen molar-refractivity contribution < 1.29 is 22.6 Å². The topological polar surface area (TPSA) is 117 Å². The van der Waals surface area contributed by atoms with E-state index in [4.69, 9.17) is 9.39 Å². The lowest BCUT2D eigenvalue weighted by atomic mass is 9.70. The first kappa shape index (κ1) is 19.5. The molecule has 2 aliphatic carbocycles. The first-order valence-electron chi connectivity index (χ1n) is 8.78. The van der Waals surface area contributed by atoms with Crippen molar-refractivity contribution in [3.63, 3.8) is 0 Å². The van der Waals surface area contributed by atoms with Crippen LogP contribution in [0, 0.1) is 28.1 Å². The summed E-state index contributed by atoms with van der Waals surface area (Å²) in [6.07, 6.45) is 1.77. The zero-order chi connectivity index (χ0) is 19.9. The highest BCUT2D eigenvalue weighted by atomic mass is 32.2. The number of aliphatic hydroxyl groups excluding tert-OH is 1. The molecule has 0 amide bonds. The molecule has 7 nitrogen and oxygen atoms in total. The minimum atomic E-state index is -4.14. The smallest absolute Gasteiger partial charge is 0.329 e. The van der Waals surface area contributed by atoms with E-state index in [0.717, 1.165) is 6.42 Å². The number of ketones is 1. The molecule has 1 aromatic rings. The highest BCUT2D eigenvalue weighted by Gasteiger charge is 2.65. The molecular weight excluding hydrogens is 368 g/mol. The maximum absolute atomic E-state index is 12.5. The standard InChI is InChI=1S/C19H22N2O5S/c1-18(2)15-7-8-19(18,17(23)9-15)12-27(24,25)26-21-16(10-20)14-5-3-13(11-22)4-6-14/h3-6,15,22H,7-9,11-12H2,1-2H3/b21-16+. The Kier molecular flexibility index (Phi) is 4.87. The second-order valence-electron chi connectivity index (χ2n) is 7.85.